The number of aromatic nitrogens is 2. The summed E-state index contributed by atoms with van der Waals surface area (Å²) in [5.74, 6) is 0.630. The molecule has 108 valence electrons. The number of H-pyrrole nitrogens is 1. The van der Waals surface area contributed by atoms with Gasteiger partial charge in [0.25, 0.3) is 0 Å². The molecule has 2 aromatic carbocycles. The van der Waals surface area contributed by atoms with Crippen LogP contribution in [0.1, 0.15) is 0 Å². The molecule has 3 rings (SSSR count). The fourth-order valence-electron chi connectivity index (χ4n) is 2.03. The lowest BCUT2D eigenvalue weighted by molar-refractivity contribution is 0.602. The number of sulfone groups is 1. The summed E-state index contributed by atoms with van der Waals surface area (Å²) >= 11 is 9.46. The molecule has 0 unspecified atom stereocenters. The van der Waals surface area contributed by atoms with Gasteiger partial charge in [-0.3, -0.25) is 0 Å². The fourth-order valence-corrected chi connectivity index (χ4v) is 3.28. The summed E-state index contributed by atoms with van der Waals surface area (Å²) in [5, 5.41) is 0.602. The molecule has 0 saturated heterocycles. The van der Waals surface area contributed by atoms with Crippen molar-refractivity contribution in [2.45, 2.75) is 4.90 Å². The van der Waals surface area contributed by atoms with E-state index in [1.54, 1.807) is 30.3 Å². The summed E-state index contributed by atoms with van der Waals surface area (Å²) in [7, 11) is -3.24. The van der Waals surface area contributed by atoms with Crippen LogP contribution in [0.25, 0.3) is 22.4 Å². The van der Waals surface area contributed by atoms with Gasteiger partial charge in [0.2, 0.25) is 0 Å². The van der Waals surface area contributed by atoms with Crippen molar-refractivity contribution in [2.24, 2.45) is 0 Å². The van der Waals surface area contributed by atoms with Gasteiger partial charge >= 0.3 is 0 Å². The number of hydrogen-bond acceptors (Lipinski definition) is 3. The summed E-state index contributed by atoms with van der Waals surface area (Å²) in [4.78, 5) is 7.86. The maximum absolute atomic E-state index is 11.6. The second-order valence-electron chi connectivity index (χ2n) is 4.66. The summed E-state index contributed by atoms with van der Waals surface area (Å²) in [6, 6.07) is 10.2. The molecule has 0 saturated carbocycles. The number of nitrogens with zero attached hydrogens (tertiary/aromatic N) is 1. The molecule has 1 N–H and O–H groups in total. The highest BCUT2D eigenvalue weighted by atomic mass is 79.9. The molecule has 1 aromatic heterocycles. The third-order valence-corrected chi connectivity index (χ3v) is 5.10. The van der Waals surface area contributed by atoms with E-state index < -0.39 is 9.84 Å². The first-order valence-electron chi connectivity index (χ1n) is 6.00. The molecule has 0 bridgehead atoms. The average Bonchev–Trinajstić information content (AvgIpc) is 2.83. The number of imidazole rings is 1. The highest BCUT2D eigenvalue weighted by molar-refractivity contribution is 9.10. The van der Waals surface area contributed by atoms with Gasteiger partial charge < -0.3 is 4.98 Å². The second kappa shape index (κ2) is 5.12. The van der Waals surface area contributed by atoms with Crippen LogP contribution >= 0.6 is 27.5 Å². The monoisotopic (exact) mass is 384 g/mol. The van der Waals surface area contributed by atoms with Gasteiger partial charge in [-0.25, -0.2) is 13.4 Å². The van der Waals surface area contributed by atoms with Crippen molar-refractivity contribution in [3.05, 3.63) is 45.9 Å². The van der Waals surface area contributed by atoms with Crippen molar-refractivity contribution < 1.29 is 8.42 Å². The molecule has 0 atom stereocenters. The van der Waals surface area contributed by atoms with Crippen LogP contribution in [0.2, 0.25) is 5.02 Å². The van der Waals surface area contributed by atoms with Gasteiger partial charge in [-0.1, -0.05) is 27.5 Å². The SMILES string of the molecule is CS(=O)(=O)c1ccc2nc(-c3cc(Cl)ccc3Br)[nH]c2c1. The van der Waals surface area contributed by atoms with Crippen LogP contribution in [0.5, 0.6) is 0 Å². The van der Waals surface area contributed by atoms with E-state index in [1.807, 2.05) is 6.07 Å². The van der Waals surface area contributed by atoms with E-state index >= 15 is 0 Å². The Hall–Kier alpha value is -1.37. The van der Waals surface area contributed by atoms with Crippen LogP contribution in [-0.2, 0) is 9.84 Å². The molecular weight excluding hydrogens is 376 g/mol. The number of rotatable bonds is 2. The smallest absolute Gasteiger partial charge is 0.175 e. The Morgan fingerprint density at radius 1 is 1.19 bits per heavy atom. The van der Waals surface area contributed by atoms with E-state index in [-0.39, 0.29) is 4.90 Å². The van der Waals surface area contributed by atoms with Crippen LogP contribution in [0, 0.1) is 0 Å². The largest absolute Gasteiger partial charge is 0.338 e. The second-order valence-corrected chi connectivity index (χ2v) is 7.97. The molecular formula is C14H10BrClN2O2S. The summed E-state index contributed by atoms with van der Waals surface area (Å²) in [5.41, 5.74) is 2.18. The van der Waals surface area contributed by atoms with Crippen molar-refractivity contribution in [3.63, 3.8) is 0 Å². The molecule has 0 fully saturated rings. The number of hydrogen-bond donors (Lipinski definition) is 1. The minimum Gasteiger partial charge on any atom is -0.338 e. The zero-order valence-corrected chi connectivity index (χ0v) is 14.1. The molecule has 0 radical (unpaired) electrons. The van der Waals surface area contributed by atoms with Gasteiger partial charge in [0.05, 0.1) is 15.9 Å². The maximum atomic E-state index is 11.6. The Balaban J connectivity index is 2.20. The van der Waals surface area contributed by atoms with Crippen molar-refractivity contribution in [1.29, 1.82) is 0 Å². The summed E-state index contributed by atoms with van der Waals surface area (Å²) < 4.78 is 24.0. The van der Waals surface area contributed by atoms with Crippen LogP contribution < -0.4 is 0 Å². The van der Waals surface area contributed by atoms with Gasteiger partial charge in [-0.15, -0.1) is 0 Å². The Morgan fingerprint density at radius 3 is 2.67 bits per heavy atom. The van der Waals surface area contributed by atoms with Crippen LogP contribution in [0.4, 0.5) is 0 Å². The number of fused-ring (bicyclic) bond motifs is 1. The highest BCUT2D eigenvalue weighted by Crippen LogP contribution is 2.30. The zero-order valence-electron chi connectivity index (χ0n) is 10.9. The number of nitrogens with one attached hydrogen (secondary N) is 1. The first-order valence-corrected chi connectivity index (χ1v) is 9.06. The predicted molar refractivity (Wildman–Crippen MR) is 87.3 cm³/mol. The number of benzene rings is 2. The van der Waals surface area contributed by atoms with Crippen molar-refractivity contribution in [2.75, 3.05) is 6.26 Å². The lowest BCUT2D eigenvalue weighted by Gasteiger charge is -2.01. The van der Waals surface area contributed by atoms with Crippen LogP contribution in [0.15, 0.2) is 45.8 Å². The van der Waals surface area contributed by atoms with Gasteiger partial charge in [0, 0.05) is 21.3 Å². The minimum atomic E-state index is -3.24. The molecule has 1 heterocycles. The lowest BCUT2D eigenvalue weighted by atomic mass is 10.2. The van der Waals surface area contributed by atoms with E-state index in [4.69, 9.17) is 11.6 Å². The maximum Gasteiger partial charge on any atom is 0.175 e. The van der Waals surface area contributed by atoms with Crippen LogP contribution in [-0.4, -0.2) is 24.6 Å². The van der Waals surface area contributed by atoms with Crippen molar-refractivity contribution >= 4 is 48.4 Å². The lowest BCUT2D eigenvalue weighted by Crippen LogP contribution is -1.96. The van der Waals surface area contributed by atoms with E-state index in [2.05, 4.69) is 25.9 Å². The molecule has 3 aromatic rings. The third kappa shape index (κ3) is 2.84. The zero-order chi connectivity index (χ0) is 15.2. The fraction of sp³-hybridized carbons (Fsp3) is 0.0714. The molecule has 7 heteroatoms. The summed E-state index contributed by atoms with van der Waals surface area (Å²) in [6.07, 6.45) is 1.18. The van der Waals surface area contributed by atoms with Crippen LogP contribution in [0.3, 0.4) is 0 Å². The van der Waals surface area contributed by atoms with Gasteiger partial charge in [0.1, 0.15) is 5.82 Å². The van der Waals surface area contributed by atoms with E-state index in [0.717, 1.165) is 10.0 Å². The standard InChI is InChI=1S/C14H10BrClN2O2S/c1-21(19,20)9-3-5-12-13(7-9)18-14(17-12)10-6-8(16)2-4-11(10)15/h2-7H,1H3,(H,17,18). The van der Waals surface area contributed by atoms with E-state index in [1.165, 1.54) is 6.26 Å². The molecule has 0 aliphatic rings. The number of halogens is 2. The molecule has 4 nitrogen and oxygen atoms in total. The van der Waals surface area contributed by atoms with E-state index in [9.17, 15) is 8.42 Å². The normalized spacial score (nSPS) is 12.0. The minimum absolute atomic E-state index is 0.260. The average molecular weight is 386 g/mol. The predicted octanol–water partition coefficient (Wildman–Crippen LogP) is 4.05. The summed E-state index contributed by atoms with van der Waals surface area (Å²) in [6.45, 7) is 0. The van der Waals surface area contributed by atoms with Crippen molar-refractivity contribution in [3.8, 4) is 11.4 Å². The molecule has 0 amide bonds. The van der Waals surface area contributed by atoms with Gasteiger partial charge in [-0.2, -0.15) is 0 Å². The van der Waals surface area contributed by atoms with E-state index in [0.29, 0.717) is 21.9 Å². The molecule has 0 aliphatic heterocycles. The first-order chi connectivity index (χ1) is 9.84. The topological polar surface area (TPSA) is 62.8 Å². The first kappa shape index (κ1) is 14.6. The Kier molecular flexibility index (Phi) is 3.55. The molecule has 21 heavy (non-hydrogen) atoms. The van der Waals surface area contributed by atoms with Gasteiger partial charge in [0.15, 0.2) is 9.84 Å². The Bertz CT molecular complexity index is 951. The van der Waals surface area contributed by atoms with Crippen molar-refractivity contribution in [1.82, 2.24) is 9.97 Å². The quantitative estimate of drug-likeness (QED) is 0.724. The molecule has 0 aliphatic carbocycles. The third-order valence-electron chi connectivity index (χ3n) is 3.07. The Morgan fingerprint density at radius 2 is 1.95 bits per heavy atom. The Labute approximate surface area is 135 Å². The number of aromatic amines is 1. The highest BCUT2D eigenvalue weighted by Gasteiger charge is 2.12. The molecule has 0 spiro atoms. The van der Waals surface area contributed by atoms with Gasteiger partial charge in [-0.05, 0) is 36.4 Å².